The lowest BCUT2D eigenvalue weighted by Crippen LogP contribution is -2.42. The molecule has 168 valence electrons. The van der Waals surface area contributed by atoms with Crippen LogP contribution in [-0.2, 0) is 10.2 Å². The van der Waals surface area contributed by atoms with Crippen molar-refractivity contribution >= 4 is 45.6 Å². The predicted octanol–water partition coefficient (Wildman–Crippen LogP) is 8.16. The summed E-state index contributed by atoms with van der Waals surface area (Å²) in [6, 6.07) is 17.4. The number of hydrogen-bond donors (Lipinski definition) is 1. The maximum Gasteiger partial charge on any atom is 0.235 e. The lowest BCUT2D eigenvalue weighted by molar-refractivity contribution is -0.122. The molecule has 1 aliphatic carbocycles. The molecule has 0 bridgehead atoms. The van der Waals surface area contributed by atoms with Crippen molar-refractivity contribution in [2.75, 3.05) is 5.32 Å². The van der Waals surface area contributed by atoms with Crippen LogP contribution < -0.4 is 10.1 Å². The minimum atomic E-state index is -0.660. The Morgan fingerprint density at radius 3 is 2.44 bits per heavy atom. The van der Waals surface area contributed by atoms with Gasteiger partial charge in [0.05, 0.1) is 11.5 Å². The molecule has 3 aromatic rings. The zero-order chi connectivity index (χ0) is 22.7. The number of halogens is 2. The number of ether oxygens (including phenoxy) is 1. The van der Waals surface area contributed by atoms with Gasteiger partial charge in [0.1, 0.15) is 5.75 Å². The number of amides is 1. The Labute approximate surface area is 200 Å². The van der Waals surface area contributed by atoms with E-state index in [1.54, 1.807) is 6.07 Å². The molecular weight excluding hydrogens is 441 g/mol. The van der Waals surface area contributed by atoms with Crippen molar-refractivity contribution in [3.8, 4) is 5.75 Å². The summed E-state index contributed by atoms with van der Waals surface area (Å²) in [5.41, 5.74) is 0.992. The van der Waals surface area contributed by atoms with Crippen molar-refractivity contribution < 1.29 is 9.53 Å². The van der Waals surface area contributed by atoms with Gasteiger partial charge in [0.2, 0.25) is 5.91 Å². The Hall–Kier alpha value is -2.23. The highest BCUT2D eigenvalue weighted by Gasteiger charge is 2.42. The molecule has 1 N–H and O–H groups in total. The van der Waals surface area contributed by atoms with Crippen LogP contribution in [-0.4, -0.2) is 12.0 Å². The number of carbonyl (C=O) groups excluding carboxylic acids is 1. The number of hydrogen-bond acceptors (Lipinski definition) is 2. The Morgan fingerprint density at radius 2 is 1.75 bits per heavy atom. The van der Waals surface area contributed by atoms with E-state index in [0.717, 1.165) is 66.3 Å². The van der Waals surface area contributed by atoms with Crippen LogP contribution in [0.4, 0.5) is 5.69 Å². The first-order valence-electron chi connectivity index (χ1n) is 11.4. The highest BCUT2D eigenvalue weighted by atomic mass is 35.5. The Bertz CT molecular complexity index is 1120. The molecule has 1 atom stereocenters. The first kappa shape index (κ1) is 22.9. The van der Waals surface area contributed by atoms with Crippen molar-refractivity contribution in [2.24, 2.45) is 0 Å². The van der Waals surface area contributed by atoms with Crippen LogP contribution in [0.5, 0.6) is 5.75 Å². The van der Waals surface area contributed by atoms with Crippen LogP contribution in [0.1, 0.15) is 57.9 Å². The minimum Gasteiger partial charge on any atom is -0.490 e. The Kier molecular flexibility index (Phi) is 6.97. The van der Waals surface area contributed by atoms with Crippen LogP contribution in [0.2, 0.25) is 10.0 Å². The van der Waals surface area contributed by atoms with Crippen LogP contribution in [0.3, 0.4) is 0 Å². The maximum atomic E-state index is 13.8. The molecule has 1 saturated carbocycles. The van der Waals surface area contributed by atoms with Gasteiger partial charge in [0.15, 0.2) is 0 Å². The van der Waals surface area contributed by atoms with Crippen molar-refractivity contribution in [1.29, 1.82) is 0 Å². The summed E-state index contributed by atoms with van der Waals surface area (Å²) >= 11 is 12.7. The van der Waals surface area contributed by atoms with E-state index in [4.69, 9.17) is 27.9 Å². The molecule has 0 saturated heterocycles. The zero-order valence-electron chi connectivity index (χ0n) is 18.6. The fraction of sp³-hybridized carbons (Fsp3) is 0.370. The highest BCUT2D eigenvalue weighted by molar-refractivity contribution is 6.35. The maximum absolute atomic E-state index is 13.8. The zero-order valence-corrected chi connectivity index (χ0v) is 20.1. The third-order valence-corrected chi connectivity index (χ3v) is 7.17. The molecular formula is C27H29Cl2NO2. The lowest BCUT2D eigenvalue weighted by Gasteiger charge is -2.37. The van der Waals surface area contributed by atoms with E-state index in [1.807, 2.05) is 48.5 Å². The number of rotatable bonds is 6. The molecule has 0 aliphatic heterocycles. The average molecular weight is 470 g/mol. The number of anilines is 1. The van der Waals surface area contributed by atoms with E-state index in [9.17, 15) is 4.79 Å². The standard InChI is InChI=1S/C27H29Cl2NO2/c1-3-18(2)32-25-14-13-24(20-9-5-6-10-21(20)25)30-26(31)27(15-7-4-8-16-27)22-12-11-19(28)17-23(22)29/h5-6,9-14,17-18H,3-4,7-8,15-16H2,1-2H3,(H,30,31). The van der Waals surface area contributed by atoms with Crippen molar-refractivity contribution in [3.05, 3.63) is 70.2 Å². The molecule has 32 heavy (non-hydrogen) atoms. The van der Waals surface area contributed by atoms with Gasteiger partial charge in [-0.3, -0.25) is 4.79 Å². The number of fused-ring (bicyclic) bond motifs is 1. The third-order valence-electron chi connectivity index (χ3n) is 6.62. The largest absolute Gasteiger partial charge is 0.490 e. The molecule has 1 aliphatic rings. The molecule has 4 rings (SSSR count). The normalized spacial score (nSPS) is 16.5. The molecule has 3 nitrogen and oxygen atoms in total. The molecule has 0 aromatic heterocycles. The summed E-state index contributed by atoms with van der Waals surface area (Å²) in [7, 11) is 0. The van der Waals surface area contributed by atoms with Gasteiger partial charge in [-0.1, -0.05) is 79.7 Å². The molecule has 0 spiro atoms. The topological polar surface area (TPSA) is 38.3 Å². The summed E-state index contributed by atoms with van der Waals surface area (Å²) in [6.07, 6.45) is 5.71. The van der Waals surface area contributed by atoms with Gasteiger partial charge in [-0.25, -0.2) is 0 Å². The van der Waals surface area contributed by atoms with E-state index in [0.29, 0.717) is 10.0 Å². The Morgan fingerprint density at radius 1 is 1.03 bits per heavy atom. The van der Waals surface area contributed by atoms with Gasteiger partial charge in [0, 0.05) is 26.5 Å². The highest BCUT2D eigenvalue weighted by Crippen LogP contribution is 2.44. The summed E-state index contributed by atoms with van der Waals surface area (Å²) < 4.78 is 6.13. The first-order valence-corrected chi connectivity index (χ1v) is 12.2. The summed E-state index contributed by atoms with van der Waals surface area (Å²) in [5, 5.41) is 6.33. The fourth-order valence-corrected chi connectivity index (χ4v) is 5.27. The second-order valence-corrected chi connectivity index (χ2v) is 9.56. The first-order chi connectivity index (χ1) is 15.4. The molecule has 0 radical (unpaired) electrons. The van der Waals surface area contributed by atoms with Crippen molar-refractivity contribution in [1.82, 2.24) is 0 Å². The van der Waals surface area contributed by atoms with Gasteiger partial charge in [-0.05, 0) is 56.0 Å². The van der Waals surface area contributed by atoms with Crippen LogP contribution in [0, 0.1) is 0 Å². The summed E-state index contributed by atoms with van der Waals surface area (Å²) in [4.78, 5) is 13.8. The van der Waals surface area contributed by atoms with E-state index < -0.39 is 5.41 Å². The van der Waals surface area contributed by atoms with Crippen molar-refractivity contribution in [3.63, 3.8) is 0 Å². The number of carbonyl (C=O) groups is 1. The second-order valence-electron chi connectivity index (χ2n) is 8.71. The van der Waals surface area contributed by atoms with Crippen LogP contribution in [0.15, 0.2) is 54.6 Å². The predicted molar refractivity (Wildman–Crippen MR) is 134 cm³/mol. The van der Waals surface area contributed by atoms with E-state index >= 15 is 0 Å². The quantitative estimate of drug-likeness (QED) is 0.395. The van der Waals surface area contributed by atoms with E-state index in [1.165, 1.54) is 0 Å². The van der Waals surface area contributed by atoms with Gasteiger partial charge >= 0.3 is 0 Å². The van der Waals surface area contributed by atoms with Crippen molar-refractivity contribution in [2.45, 2.75) is 63.9 Å². The second kappa shape index (κ2) is 9.72. The average Bonchev–Trinajstić information content (AvgIpc) is 2.81. The molecule has 0 heterocycles. The summed E-state index contributed by atoms with van der Waals surface area (Å²) in [6.45, 7) is 4.17. The molecule has 1 fully saturated rings. The van der Waals surface area contributed by atoms with E-state index in [2.05, 4.69) is 19.2 Å². The number of nitrogens with one attached hydrogen (secondary N) is 1. The molecule has 1 unspecified atom stereocenters. The van der Waals surface area contributed by atoms with Gasteiger partial charge in [-0.15, -0.1) is 0 Å². The van der Waals surface area contributed by atoms with Gasteiger partial charge in [-0.2, -0.15) is 0 Å². The molecule has 1 amide bonds. The van der Waals surface area contributed by atoms with Crippen LogP contribution in [0.25, 0.3) is 10.8 Å². The SMILES string of the molecule is CCC(C)Oc1ccc(NC(=O)C2(c3ccc(Cl)cc3Cl)CCCCC2)c2ccccc12. The minimum absolute atomic E-state index is 0.0119. The molecule has 5 heteroatoms. The monoisotopic (exact) mass is 469 g/mol. The van der Waals surface area contributed by atoms with Gasteiger partial charge < -0.3 is 10.1 Å². The molecule has 3 aromatic carbocycles. The fourth-order valence-electron chi connectivity index (χ4n) is 4.68. The smallest absolute Gasteiger partial charge is 0.235 e. The number of benzene rings is 3. The van der Waals surface area contributed by atoms with Gasteiger partial charge in [0.25, 0.3) is 0 Å². The summed E-state index contributed by atoms with van der Waals surface area (Å²) in [5.74, 6) is 0.822. The lowest BCUT2D eigenvalue weighted by atomic mass is 9.68. The Balaban J connectivity index is 1.72. The third kappa shape index (κ3) is 4.46. The van der Waals surface area contributed by atoms with E-state index in [-0.39, 0.29) is 12.0 Å². The van der Waals surface area contributed by atoms with Crippen LogP contribution >= 0.6 is 23.2 Å².